The second-order valence-corrected chi connectivity index (χ2v) is 7.59. The Morgan fingerprint density at radius 1 is 1.15 bits per heavy atom. The first-order valence-electron chi connectivity index (χ1n) is 8.86. The number of carbonyl (C=O) groups excluding carboxylic acids is 1. The molecule has 1 fully saturated rings. The van der Waals surface area contributed by atoms with Crippen LogP contribution in [0.4, 0.5) is 5.82 Å². The molecular weight excluding hydrogens is 324 g/mol. The number of aromatic nitrogens is 3. The van der Waals surface area contributed by atoms with E-state index >= 15 is 0 Å². The number of pyridine rings is 1. The molecule has 1 saturated heterocycles. The van der Waals surface area contributed by atoms with Gasteiger partial charge in [-0.15, -0.1) is 0 Å². The lowest BCUT2D eigenvalue weighted by Gasteiger charge is -2.25. The fourth-order valence-corrected chi connectivity index (χ4v) is 3.75. The molecule has 1 amide bonds. The van der Waals surface area contributed by atoms with Gasteiger partial charge in [-0.3, -0.25) is 9.69 Å². The van der Waals surface area contributed by atoms with E-state index in [-0.39, 0.29) is 11.8 Å². The van der Waals surface area contributed by atoms with Gasteiger partial charge in [0, 0.05) is 35.8 Å². The average molecular weight is 346 g/mol. The van der Waals surface area contributed by atoms with Crippen molar-refractivity contribution < 1.29 is 4.79 Å². The molecule has 1 aliphatic carbocycles. The molecule has 1 unspecified atom stereocenters. The minimum atomic E-state index is -0.455. The predicted octanol–water partition coefficient (Wildman–Crippen LogP) is 3.85. The van der Waals surface area contributed by atoms with Gasteiger partial charge in [-0.05, 0) is 49.6 Å². The third-order valence-corrected chi connectivity index (χ3v) is 5.36. The van der Waals surface area contributed by atoms with Gasteiger partial charge in [0.1, 0.15) is 11.6 Å². The van der Waals surface area contributed by atoms with Crippen molar-refractivity contribution in [2.75, 3.05) is 4.90 Å². The summed E-state index contributed by atoms with van der Waals surface area (Å²) >= 11 is 0. The molecule has 4 rings (SSSR count). The highest BCUT2D eigenvalue weighted by Crippen LogP contribution is 2.50. The second-order valence-electron chi connectivity index (χ2n) is 7.59. The van der Waals surface area contributed by atoms with E-state index in [2.05, 4.69) is 27.1 Å². The number of fused-ring (bicyclic) bond motifs is 1. The zero-order valence-corrected chi connectivity index (χ0v) is 15.5. The van der Waals surface area contributed by atoms with Crippen molar-refractivity contribution in [3.63, 3.8) is 0 Å². The minimum Gasteiger partial charge on any atom is -0.273 e. The van der Waals surface area contributed by atoms with Crippen molar-refractivity contribution in [3.05, 3.63) is 65.5 Å². The monoisotopic (exact) mass is 346 g/mol. The van der Waals surface area contributed by atoms with Gasteiger partial charge in [-0.1, -0.05) is 19.9 Å². The van der Waals surface area contributed by atoms with E-state index in [4.69, 9.17) is 0 Å². The Morgan fingerprint density at radius 2 is 1.88 bits per heavy atom. The Bertz CT molecular complexity index is 941. The molecule has 2 aromatic heterocycles. The summed E-state index contributed by atoms with van der Waals surface area (Å²) in [6.45, 7) is 7.93. The quantitative estimate of drug-likeness (QED) is 0.829. The number of hydrogen-bond acceptors (Lipinski definition) is 4. The molecule has 2 aliphatic rings. The van der Waals surface area contributed by atoms with Crippen LogP contribution in [-0.4, -0.2) is 20.9 Å². The van der Waals surface area contributed by atoms with Gasteiger partial charge in [0.15, 0.2) is 0 Å². The molecule has 5 heteroatoms. The molecule has 132 valence electrons. The lowest BCUT2D eigenvalue weighted by Crippen LogP contribution is -2.31. The standard InChI is InChI=1S/C21H22N4O/c1-13-7-8-22-19(9-13)25-18-10-15(16-11-23-14(2)24-12-16)5-6-17(18)21(3,4)20(25)26/h5,7-12,17H,6H2,1-4H3. The normalized spacial score (nSPS) is 21.3. The van der Waals surface area contributed by atoms with Crippen LogP contribution in [0.25, 0.3) is 5.57 Å². The van der Waals surface area contributed by atoms with Crippen molar-refractivity contribution >= 4 is 17.3 Å². The molecule has 1 aliphatic heterocycles. The first kappa shape index (κ1) is 16.6. The summed E-state index contributed by atoms with van der Waals surface area (Å²) in [7, 11) is 0. The Hall–Kier alpha value is -2.82. The minimum absolute atomic E-state index is 0.0988. The van der Waals surface area contributed by atoms with E-state index in [1.807, 2.05) is 52.2 Å². The maximum Gasteiger partial charge on any atom is 0.238 e. The second kappa shape index (κ2) is 5.87. The van der Waals surface area contributed by atoms with Crippen LogP contribution in [0.3, 0.4) is 0 Å². The fraction of sp³-hybridized carbons (Fsp3) is 0.333. The van der Waals surface area contributed by atoms with Crippen molar-refractivity contribution in [1.29, 1.82) is 0 Å². The van der Waals surface area contributed by atoms with Gasteiger partial charge in [0.25, 0.3) is 0 Å². The van der Waals surface area contributed by atoms with Crippen molar-refractivity contribution in [3.8, 4) is 0 Å². The van der Waals surface area contributed by atoms with Gasteiger partial charge in [0.05, 0.1) is 5.41 Å². The number of anilines is 1. The molecule has 0 N–H and O–H groups in total. The molecule has 5 nitrogen and oxygen atoms in total. The van der Waals surface area contributed by atoms with E-state index < -0.39 is 5.41 Å². The Morgan fingerprint density at radius 3 is 2.58 bits per heavy atom. The maximum absolute atomic E-state index is 13.2. The zero-order valence-electron chi connectivity index (χ0n) is 15.5. The fourth-order valence-electron chi connectivity index (χ4n) is 3.75. The molecule has 2 aromatic rings. The first-order valence-corrected chi connectivity index (χ1v) is 8.86. The van der Waals surface area contributed by atoms with Crippen LogP contribution in [0, 0.1) is 25.2 Å². The van der Waals surface area contributed by atoms with Gasteiger partial charge < -0.3 is 0 Å². The summed E-state index contributed by atoms with van der Waals surface area (Å²) in [5, 5.41) is 0. The Kier molecular flexibility index (Phi) is 3.75. The van der Waals surface area contributed by atoms with Gasteiger partial charge >= 0.3 is 0 Å². The molecule has 0 bridgehead atoms. The number of aryl methyl sites for hydroxylation is 2. The third-order valence-electron chi connectivity index (χ3n) is 5.36. The van der Waals surface area contributed by atoms with Gasteiger partial charge in [-0.2, -0.15) is 0 Å². The molecule has 3 heterocycles. The first-order chi connectivity index (χ1) is 12.4. The number of carbonyl (C=O) groups is 1. The highest BCUT2D eigenvalue weighted by Gasteiger charge is 2.51. The van der Waals surface area contributed by atoms with E-state index in [0.29, 0.717) is 5.82 Å². The van der Waals surface area contributed by atoms with Crippen LogP contribution in [0.15, 0.2) is 48.6 Å². The summed E-state index contributed by atoms with van der Waals surface area (Å²) < 4.78 is 0. The largest absolute Gasteiger partial charge is 0.273 e. The molecular formula is C21H22N4O. The molecule has 1 atom stereocenters. The van der Waals surface area contributed by atoms with E-state index in [1.54, 1.807) is 11.1 Å². The Labute approximate surface area is 153 Å². The molecule has 0 radical (unpaired) electrons. The van der Waals surface area contributed by atoms with Crippen molar-refractivity contribution in [2.24, 2.45) is 11.3 Å². The van der Waals surface area contributed by atoms with E-state index in [9.17, 15) is 4.79 Å². The highest BCUT2D eigenvalue weighted by molar-refractivity contribution is 6.04. The number of allylic oxidation sites excluding steroid dienone is 4. The van der Waals surface area contributed by atoms with E-state index in [0.717, 1.165) is 34.6 Å². The maximum atomic E-state index is 13.2. The average Bonchev–Trinajstić information content (AvgIpc) is 2.81. The van der Waals surface area contributed by atoms with Crippen LogP contribution in [0.1, 0.15) is 37.2 Å². The van der Waals surface area contributed by atoms with Crippen LogP contribution < -0.4 is 4.90 Å². The number of amides is 1. The van der Waals surface area contributed by atoms with Crippen LogP contribution in [0.5, 0.6) is 0 Å². The van der Waals surface area contributed by atoms with E-state index in [1.165, 1.54) is 0 Å². The lowest BCUT2D eigenvalue weighted by molar-refractivity contribution is -0.125. The van der Waals surface area contributed by atoms with Crippen molar-refractivity contribution in [2.45, 2.75) is 34.1 Å². The Balaban J connectivity index is 1.81. The van der Waals surface area contributed by atoms with Crippen LogP contribution in [0.2, 0.25) is 0 Å². The molecule has 0 spiro atoms. The topological polar surface area (TPSA) is 59.0 Å². The summed E-state index contributed by atoms with van der Waals surface area (Å²) in [5.74, 6) is 1.69. The zero-order chi connectivity index (χ0) is 18.5. The third kappa shape index (κ3) is 2.55. The molecule has 26 heavy (non-hydrogen) atoms. The number of hydrogen-bond donors (Lipinski definition) is 0. The number of nitrogens with zero attached hydrogens (tertiary/aromatic N) is 4. The van der Waals surface area contributed by atoms with Crippen molar-refractivity contribution in [1.82, 2.24) is 15.0 Å². The van der Waals surface area contributed by atoms with Gasteiger partial charge in [0.2, 0.25) is 5.91 Å². The molecule has 0 saturated carbocycles. The lowest BCUT2D eigenvalue weighted by atomic mass is 9.75. The van der Waals surface area contributed by atoms with Gasteiger partial charge in [-0.25, -0.2) is 15.0 Å². The van der Waals surface area contributed by atoms with Crippen LogP contribution in [-0.2, 0) is 4.79 Å². The summed E-state index contributed by atoms with van der Waals surface area (Å²) in [5.41, 5.74) is 3.66. The smallest absolute Gasteiger partial charge is 0.238 e. The predicted molar refractivity (Wildman–Crippen MR) is 101 cm³/mol. The summed E-state index contributed by atoms with van der Waals surface area (Å²) in [6, 6.07) is 3.90. The number of rotatable bonds is 2. The molecule has 0 aromatic carbocycles. The highest BCUT2D eigenvalue weighted by atomic mass is 16.2. The van der Waals surface area contributed by atoms with Crippen LogP contribution >= 0.6 is 0 Å². The summed E-state index contributed by atoms with van der Waals surface area (Å²) in [4.78, 5) is 28.0. The SMILES string of the molecule is Cc1ccnc(N2C(=O)C(C)(C)C3CC=C(c4cnc(C)nc4)C=C32)c1. The summed E-state index contributed by atoms with van der Waals surface area (Å²) in [6.07, 6.45) is 10.5.